The number of carbonyl (C=O) groups excluding carboxylic acids is 3. The van der Waals surface area contributed by atoms with E-state index < -0.39 is 5.78 Å². The second kappa shape index (κ2) is 42.4. The summed E-state index contributed by atoms with van der Waals surface area (Å²) < 4.78 is 62.1. The molecule has 6 aromatic heterocycles. The van der Waals surface area contributed by atoms with Crippen LogP contribution in [0.5, 0.6) is 34.5 Å². The fourth-order valence-electron chi connectivity index (χ4n) is 9.75. The van der Waals surface area contributed by atoms with Crippen LogP contribution in [0.2, 0.25) is 5.15 Å². The lowest BCUT2D eigenvalue weighted by Crippen LogP contribution is -2.31. The van der Waals surface area contributed by atoms with Gasteiger partial charge in [0.1, 0.15) is 57.4 Å². The molecule has 27 nitrogen and oxygen atoms in total. The molecule has 0 spiro atoms. The van der Waals surface area contributed by atoms with Crippen molar-refractivity contribution in [2.24, 2.45) is 5.73 Å². The molecule has 0 amide bonds. The number of halogens is 2. The van der Waals surface area contributed by atoms with Crippen LogP contribution < -0.4 is 44.4 Å². The summed E-state index contributed by atoms with van der Waals surface area (Å²) in [5, 5.41) is 26.3. The molecule has 0 saturated heterocycles. The third-order valence-corrected chi connectivity index (χ3v) is 15.2. The number of alkyl halides is 1. The van der Waals surface area contributed by atoms with Gasteiger partial charge in [-0.2, -0.15) is 29.6 Å². The zero-order chi connectivity index (χ0) is 73.3. The number of Topliss-reactive ketones (excluding diaryl/α,β-unsaturated/α-hetero) is 1. The van der Waals surface area contributed by atoms with Gasteiger partial charge < -0.3 is 68.1 Å². The number of nitrogens with zero attached hydrogens (tertiary/aromatic N) is 11. The summed E-state index contributed by atoms with van der Waals surface area (Å²) in [5.74, 6) is 5.28. The van der Waals surface area contributed by atoms with Crippen molar-refractivity contribution in [3.8, 4) is 73.9 Å². The highest BCUT2D eigenvalue weighted by Crippen LogP contribution is 2.41. The van der Waals surface area contributed by atoms with Gasteiger partial charge in [-0.3, -0.25) is 14.4 Å². The Morgan fingerprint density at radius 2 is 0.949 bits per heavy atom. The molecule has 0 saturated carbocycles. The molecule has 0 bridgehead atoms. The van der Waals surface area contributed by atoms with Crippen LogP contribution in [0.4, 0.5) is 11.6 Å². The van der Waals surface area contributed by atoms with E-state index in [1.54, 1.807) is 74.6 Å². The van der Waals surface area contributed by atoms with Crippen LogP contribution >= 0.6 is 27.5 Å². The maximum Gasteiger partial charge on any atom is 0.305 e. The Labute approximate surface area is 592 Å². The van der Waals surface area contributed by atoms with E-state index in [9.17, 15) is 14.4 Å². The van der Waals surface area contributed by atoms with E-state index >= 15 is 0 Å². The molecule has 0 unspecified atom stereocenters. The lowest BCUT2D eigenvalue weighted by molar-refractivity contribution is -0.141. The maximum absolute atomic E-state index is 11.6. The van der Waals surface area contributed by atoms with Crippen molar-refractivity contribution in [3.63, 3.8) is 0 Å². The van der Waals surface area contributed by atoms with Crippen LogP contribution in [0.3, 0.4) is 0 Å². The molecule has 29 heteroatoms. The molecule has 536 valence electrons. The van der Waals surface area contributed by atoms with Crippen molar-refractivity contribution in [1.82, 2.24) is 43.8 Å². The first kappa shape index (κ1) is 82.1. The number of methoxy groups -OCH3 is 11. The third-order valence-electron chi connectivity index (χ3n) is 14.4. The van der Waals surface area contributed by atoms with Crippen molar-refractivity contribution in [3.05, 3.63) is 112 Å². The van der Waals surface area contributed by atoms with E-state index in [0.29, 0.717) is 93.3 Å². The number of aryl methyl sites for hydroxylation is 6. The Kier molecular flexibility index (Phi) is 35.2. The summed E-state index contributed by atoms with van der Waals surface area (Å²) in [7, 11) is 17.6. The Morgan fingerprint density at radius 1 is 0.545 bits per heavy atom. The van der Waals surface area contributed by atoms with Crippen molar-refractivity contribution in [2.45, 2.75) is 74.1 Å². The molecular weight excluding hydrogens is 1360 g/mol. The van der Waals surface area contributed by atoms with Gasteiger partial charge in [-0.05, 0) is 96.8 Å². The quantitative estimate of drug-likeness (QED) is 0.0167. The van der Waals surface area contributed by atoms with Crippen LogP contribution in [-0.4, -0.2) is 191 Å². The summed E-state index contributed by atoms with van der Waals surface area (Å²) in [5.41, 5.74) is 17.9. The first-order valence-corrected chi connectivity index (χ1v) is 32.8. The molecule has 6 heterocycles. The molecule has 0 radical (unpaired) electrons. The summed E-state index contributed by atoms with van der Waals surface area (Å²) in [4.78, 5) is 47.7. The van der Waals surface area contributed by atoms with Crippen LogP contribution in [0.15, 0.2) is 72.8 Å². The molecular formula is C70H93BrClN13O14. The number of ether oxygens (including phenoxy) is 11. The predicted molar refractivity (Wildman–Crippen MR) is 386 cm³/mol. The highest BCUT2D eigenvalue weighted by atomic mass is 79.9. The summed E-state index contributed by atoms with van der Waals surface area (Å²) in [6.07, 6.45) is 2.37. The van der Waals surface area contributed by atoms with Gasteiger partial charge in [0.05, 0.1) is 110 Å². The molecule has 0 aliphatic heterocycles. The van der Waals surface area contributed by atoms with E-state index in [2.05, 4.69) is 45.7 Å². The number of carbonyl (C=O) groups is 3. The molecule has 0 aliphatic rings. The molecule has 9 rings (SSSR count). The van der Waals surface area contributed by atoms with Gasteiger partial charge in [-0.15, -0.1) is 0 Å². The Bertz CT molecular complexity index is 4120. The highest BCUT2D eigenvalue weighted by molar-refractivity contribution is 9.09. The van der Waals surface area contributed by atoms with E-state index in [4.69, 9.17) is 85.4 Å². The number of nitrogens with one attached hydrogen (secondary N) is 1. The third kappa shape index (κ3) is 23.4. The second-order valence-electron chi connectivity index (χ2n) is 21.4. The summed E-state index contributed by atoms with van der Waals surface area (Å²) in [6, 6.07) is 24.3. The second-order valence-corrected chi connectivity index (χ2v) is 22.6. The molecule has 0 fully saturated rings. The summed E-state index contributed by atoms with van der Waals surface area (Å²) >= 11 is 9.46. The average Bonchev–Trinajstić information content (AvgIpc) is 1.64. The number of nitrogens with two attached hydrogens (primary N) is 1. The minimum absolute atomic E-state index is 0.135. The van der Waals surface area contributed by atoms with E-state index in [0.717, 1.165) is 119 Å². The first-order chi connectivity index (χ1) is 47.5. The number of hydrogen-bond acceptors (Lipinski definition) is 24. The minimum Gasteiger partial charge on any atom is -0.497 e. The fraction of sp³-hybridized carbons (Fsp3) is 0.429. The van der Waals surface area contributed by atoms with Gasteiger partial charge in [0, 0.05) is 137 Å². The van der Waals surface area contributed by atoms with Gasteiger partial charge in [0.25, 0.3) is 0 Å². The molecule has 0 atom stereocenters. The Morgan fingerprint density at radius 3 is 1.34 bits per heavy atom. The zero-order valence-electron chi connectivity index (χ0n) is 59.9. The summed E-state index contributed by atoms with van der Waals surface area (Å²) in [6.45, 7) is 17.4. The number of anilines is 2. The topological polar surface area (TPSA) is 308 Å². The fourth-order valence-corrected chi connectivity index (χ4v) is 10.3. The van der Waals surface area contributed by atoms with Crippen molar-refractivity contribution >= 4 is 73.8 Å². The Hall–Kier alpha value is -9.37. The number of ketones is 1. The average molecular weight is 1460 g/mol. The normalized spacial score (nSPS) is 10.4. The maximum atomic E-state index is 11.6. The number of rotatable bonds is 26. The number of nitriles is 1. The van der Waals surface area contributed by atoms with Gasteiger partial charge in [0.15, 0.2) is 16.9 Å². The molecule has 9 aromatic rings. The molecule has 99 heavy (non-hydrogen) atoms. The predicted octanol–water partition coefficient (Wildman–Crippen LogP) is 11.2. The van der Waals surface area contributed by atoms with E-state index in [1.807, 2.05) is 117 Å². The number of fused-ring (bicyclic) bond motifs is 3. The van der Waals surface area contributed by atoms with Gasteiger partial charge >= 0.3 is 11.9 Å². The number of benzene rings is 3. The number of esters is 2. The largest absolute Gasteiger partial charge is 0.497 e. The smallest absolute Gasteiger partial charge is 0.305 e. The molecule has 0 aliphatic carbocycles. The monoisotopic (exact) mass is 1450 g/mol. The van der Waals surface area contributed by atoms with Crippen molar-refractivity contribution in [2.75, 3.05) is 140 Å². The lowest BCUT2D eigenvalue weighted by Gasteiger charge is -2.25. The van der Waals surface area contributed by atoms with Crippen molar-refractivity contribution < 1.29 is 66.5 Å². The minimum atomic E-state index is -0.440. The molecule has 3 aromatic carbocycles. The number of hydrogen-bond donors (Lipinski definition) is 2. The van der Waals surface area contributed by atoms with Crippen LogP contribution in [0.1, 0.15) is 66.8 Å². The standard InChI is InChI=1S/C24H32N4O5.C19H24N4O3.C16H16ClN3O2.C5H9BrO2.C3H9NO.C3H3NO/c1-16-14-21(27(12-13-30-3)11-7-8-22(29)33-6)28-24(25-16)23(17(2)26-28)19-10-9-18(31-4)15-20(19)32-5;1-12-10-17(20-8-9-24-3)23-19(21-12)18(13(2)22-23)15-7-6-14(25-4)11-16(15)26-5;1-9-7-14(17)20-16(18-9)15(10(2)19-20)12-6-5-11(21-3)8-13(12)22-4;1-8-5(7)3-2-4-6;1-5-3-2-4;1-3(5)2-4/h9-10,14-15H,7-8,11-13H2,1-6H3;6-7,10-11,20H,8-9H2,1-5H3;5-8H,1-4H3;2-4H2,1H3;2-4H2,1H3;1H3. The Balaban J connectivity index is 0.000000283. The lowest BCUT2D eigenvalue weighted by atomic mass is 10.0. The molecule has 3 N–H and O–H groups in total. The van der Waals surface area contributed by atoms with Crippen LogP contribution in [0, 0.1) is 52.9 Å². The zero-order valence-corrected chi connectivity index (χ0v) is 62.2. The SMILES string of the molecule is CC(=O)C#N.COC(=O)CCCBr.COCCN.COCCN(CCCC(=O)OC)c1cc(C)nc2c(-c3ccc(OC)cc3OC)c(C)nn12.COCCNc1cc(C)nc2c(-c3ccc(OC)cc3OC)c(C)nn12.COc1ccc(-c2c(C)nn3c(Cl)cc(C)nc23)c(OC)c1. The van der Waals surface area contributed by atoms with Gasteiger partial charge in [-0.25, -0.2) is 19.5 Å². The van der Waals surface area contributed by atoms with Gasteiger partial charge in [0.2, 0.25) is 5.78 Å². The highest BCUT2D eigenvalue weighted by Gasteiger charge is 2.24. The van der Waals surface area contributed by atoms with Gasteiger partial charge in [-0.1, -0.05) is 27.5 Å². The first-order valence-electron chi connectivity index (χ1n) is 31.3. The van der Waals surface area contributed by atoms with E-state index in [1.165, 1.54) is 27.2 Å². The van der Waals surface area contributed by atoms with E-state index in [-0.39, 0.29) is 11.9 Å². The van der Waals surface area contributed by atoms with Crippen molar-refractivity contribution in [1.29, 1.82) is 5.26 Å². The van der Waals surface area contributed by atoms with Crippen LogP contribution in [0.25, 0.3) is 50.3 Å². The number of aromatic nitrogens is 9. The van der Waals surface area contributed by atoms with Crippen LogP contribution in [-0.2, 0) is 38.1 Å².